The van der Waals surface area contributed by atoms with Crippen molar-refractivity contribution in [2.45, 2.75) is 44.6 Å². The molecule has 39 heavy (non-hydrogen) atoms. The van der Waals surface area contributed by atoms with Gasteiger partial charge in [0, 0.05) is 5.92 Å². The normalized spacial score (nSPS) is 14.1. The molecule has 0 saturated heterocycles. The zero-order valence-corrected chi connectivity index (χ0v) is 22.2. The molecule has 1 N–H and O–H groups in total. The first-order chi connectivity index (χ1) is 18.9. The Morgan fingerprint density at radius 3 is 2.59 bits per heavy atom. The number of carbonyl (C=O) groups is 1. The van der Waals surface area contributed by atoms with Crippen LogP contribution in [0.5, 0.6) is 11.5 Å². The molecule has 0 radical (unpaired) electrons. The standard InChI is InChI=1S/C30H28ClN3O5/c1-38-26-16-20(15-24(31)27(26)39-18-19-11-13-22(14-12-19)30(36)37)17-32-34-28(21-7-3-2-4-8-21)33-25-10-6-5-9-23(25)29(34)35/h5-6,9-17,21H,2-4,7-8,18H2,1H3,(H,36,37). The minimum absolute atomic E-state index is 0.173. The molecule has 200 valence electrons. The van der Waals surface area contributed by atoms with Crippen LogP contribution in [0.15, 0.2) is 70.6 Å². The van der Waals surface area contributed by atoms with E-state index in [4.69, 9.17) is 31.2 Å². The lowest BCUT2D eigenvalue weighted by molar-refractivity contribution is 0.0697. The van der Waals surface area contributed by atoms with E-state index in [1.807, 2.05) is 18.2 Å². The first-order valence-electron chi connectivity index (χ1n) is 12.8. The SMILES string of the molecule is COc1cc(C=Nn2c(C3CCCCC3)nc3ccccc3c2=O)cc(Cl)c1OCc1ccc(C(=O)O)cc1. The number of halogens is 1. The van der Waals surface area contributed by atoms with Gasteiger partial charge in [-0.2, -0.15) is 9.78 Å². The van der Waals surface area contributed by atoms with E-state index in [1.165, 1.54) is 30.3 Å². The minimum Gasteiger partial charge on any atom is -0.493 e. The van der Waals surface area contributed by atoms with Crippen molar-refractivity contribution in [2.24, 2.45) is 5.10 Å². The molecule has 5 rings (SSSR count). The Balaban J connectivity index is 1.44. The molecule has 4 aromatic rings. The molecule has 1 aromatic heterocycles. The number of carboxylic acid groups (broad SMARTS) is 1. The highest BCUT2D eigenvalue weighted by atomic mass is 35.5. The lowest BCUT2D eigenvalue weighted by Crippen LogP contribution is -2.25. The number of aromatic carboxylic acids is 1. The molecule has 1 aliphatic rings. The molecule has 0 aliphatic heterocycles. The number of para-hydroxylation sites is 1. The van der Waals surface area contributed by atoms with Crippen LogP contribution in [0.4, 0.5) is 0 Å². The Morgan fingerprint density at radius 1 is 1.13 bits per heavy atom. The smallest absolute Gasteiger partial charge is 0.335 e. The van der Waals surface area contributed by atoms with Gasteiger partial charge in [0.2, 0.25) is 0 Å². The fourth-order valence-corrected chi connectivity index (χ4v) is 5.13. The summed E-state index contributed by atoms with van der Waals surface area (Å²) < 4.78 is 12.9. The summed E-state index contributed by atoms with van der Waals surface area (Å²) in [5, 5.41) is 14.5. The van der Waals surface area contributed by atoms with E-state index in [9.17, 15) is 9.59 Å². The average Bonchev–Trinajstić information content (AvgIpc) is 2.96. The molecule has 1 aliphatic carbocycles. The monoisotopic (exact) mass is 545 g/mol. The van der Waals surface area contributed by atoms with Crippen LogP contribution < -0.4 is 15.0 Å². The van der Waals surface area contributed by atoms with Crippen LogP contribution in [0, 0.1) is 0 Å². The van der Waals surface area contributed by atoms with Gasteiger partial charge in [0.05, 0.1) is 34.8 Å². The van der Waals surface area contributed by atoms with E-state index in [-0.39, 0.29) is 23.6 Å². The number of nitrogens with zero attached hydrogens (tertiary/aromatic N) is 3. The van der Waals surface area contributed by atoms with Gasteiger partial charge in [-0.3, -0.25) is 4.79 Å². The number of benzene rings is 3. The maximum atomic E-state index is 13.4. The van der Waals surface area contributed by atoms with Crippen molar-refractivity contribution in [3.8, 4) is 11.5 Å². The highest BCUT2D eigenvalue weighted by Gasteiger charge is 2.22. The molecule has 1 saturated carbocycles. The highest BCUT2D eigenvalue weighted by Crippen LogP contribution is 2.37. The summed E-state index contributed by atoms with van der Waals surface area (Å²) in [6.07, 6.45) is 6.94. The maximum absolute atomic E-state index is 13.4. The third-order valence-electron chi connectivity index (χ3n) is 6.91. The predicted molar refractivity (Wildman–Crippen MR) is 151 cm³/mol. The molecule has 9 heteroatoms. The van der Waals surface area contributed by atoms with Crippen molar-refractivity contribution < 1.29 is 19.4 Å². The van der Waals surface area contributed by atoms with Gasteiger partial charge >= 0.3 is 5.97 Å². The molecule has 0 atom stereocenters. The third-order valence-corrected chi connectivity index (χ3v) is 7.19. The van der Waals surface area contributed by atoms with Crippen molar-refractivity contribution in [3.63, 3.8) is 0 Å². The number of carboxylic acids is 1. The number of hydrogen-bond acceptors (Lipinski definition) is 6. The van der Waals surface area contributed by atoms with Crippen molar-refractivity contribution in [2.75, 3.05) is 7.11 Å². The van der Waals surface area contributed by atoms with Gasteiger partial charge in [-0.25, -0.2) is 9.78 Å². The van der Waals surface area contributed by atoms with E-state index in [0.29, 0.717) is 38.8 Å². The quantitative estimate of drug-likeness (QED) is 0.262. The van der Waals surface area contributed by atoms with Gasteiger partial charge in [-0.1, -0.05) is 55.1 Å². The van der Waals surface area contributed by atoms with Gasteiger partial charge in [0.15, 0.2) is 11.5 Å². The fourth-order valence-electron chi connectivity index (χ4n) is 4.86. The average molecular weight is 546 g/mol. The minimum atomic E-state index is -0.989. The van der Waals surface area contributed by atoms with Crippen LogP contribution in [0.1, 0.15) is 65.3 Å². The van der Waals surface area contributed by atoms with Crippen LogP contribution in [-0.2, 0) is 6.61 Å². The number of ether oxygens (including phenoxy) is 2. The van der Waals surface area contributed by atoms with E-state index in [2.05, 4.69) is 5.10 Å². The predicted octanol–water partition coefficient (Wildman–Crippen LogP) is 6.27. The summed E-state index contributed by atoms with van der Waals surface area (Å²) >= 11 is 6.57. The van der Waals surface area contributed by atoms with E-state index >= 15 is 0 Å². The van der Waals surface area contributed by atoms with Crippen molar-refractivity contribution >= 4 is 34.7 Å². The van der Waals surface area contributed by atoms with Gasteiger partial charge in [-0.15, -0.1) is 0 Å². The first kappa shape index (κ1) is 26.4. The van der Waals surface area contributed by atoms with Gasteiger partial charge in [0.25, 0.3) is 5.56 Å². The van der Waals surface area contributed by atoms with Gasteiger partial charge in [-0.05, 0) is 60.4 Å². The van der Waals surface area contributed by atoms with Crippen molar-refractivity contribution in [3.05, 3.63) is 98.6 Å². The molecule has 0 bridgehead atoms. The molecule has 1 heterocycles. The summed E-state index contributed by atoms with van der Waals surface area (Å²) in [7, 11) is 1.51. The Bertz CT molecular complexity index is 1590. The molecule has 8 nitrogen and oxygen atoms in total. The maximum Gasteiger partial charge on any atom is 0.335 e. The van der Waals surface area contributed by atoms with E-state index in [1.54, 1.807) is 36.5 Å². The Labute approximate surface area is 230 Å². The number of aromatic nitrogens is 2. The zero-order chi connectivity index (χ0) is 27.4. The molecule has 3 aromatic carbocycles. The molecular formula is C30H28ClN3O5. The number of methoxy groups -OCH3 is 1. The van der Waals surface area contributed by atoms with Crippen LogP contribution >= 0.6 is 11.6 Å². The number of rotatable bonds is 8. The number of hydrogen-bond donors (Lipinski definition) is 1. The van der Waals surface area contributed by atoms with E-state index in [0.717, 1.165) is 31.2 Å². The summed E-state index contributed by atoms with van der Waals surface area (Å²) in [6, 6.07) is 17.2. The van der Waals surface area contributed by atoms with Crippen molar-refractivity contribution in [1.29, 1.82) is 0 Å². The van der Waals surface area contributed by atoms with Crippen LogP contribution in [0.3, 0.4) is 0 Å². The lowest BCUT2D eigenvalue weighted by atomic mass is 9.88. The van der Waals surface area contributed by atoms with Crippen LogP contribution in [0.25, 0.3) is 10.9 Å². The second-order valence-electron chi connectivity index (χ2n) is 9.51. The van der Waals surface area contributed by atoms with Gasteiger partial charge in [0.1, 0.15) is 12.4 Å². The molecular weight excluding hydrogens is 518 g/mol. The largest absolute Gasteiger partial charge is 0.493 e. The topological polar surface area (TPSA) is 103 Å². The number of fused-ring (bicyclic) bond motifs is 1. The summed E-state index contributed by atoms with van der Waals surface area (Å²) in [5.74, 6) is 0.624. The van der Waals surface area contributed by atoms with Crippen LogP contribution in [-0.4, -0.2) is 34.1 Å². The Hall–Kier alpha value is -4.17. The first-order valence-corrected chi connectivity index (χ1v) is 13.2. The Morgan fingerprint density at radius 2 is 1.87 bits per heavy atom. The van der Waals surface area contributed by atoms with E-state index < -0.39 is 5.97 Å². The summed E-state index contributed by atoms with van der Waals surface area (Å²) in [4.78, 5) is 29.4. The molecule has 0 unspecified atom stereocenters. The molecule has 0 amide bonds. The van der Waals surface area contributed by atoms with Crippen molar-refractivity contribution in [1.82, 2.24) is 9.66 Å². The second-order valence-corrected chi connectivity index (χ2v) is 9.92. The fraction of sp³-hybridized carbons (Fsp3) is 0.267. The third kappa shape index (κ3) is 5.81. The Kier molecular flexibility index (Phi) is 7.93. The zero-order valence-electron chi connectivity index (χ0n) is 21.5. The van der Waals surface area contributed by atoms with Crippen LogP contribution in [0.2, 0.25) is 5.02 Å². The summed E-state index contributed by atoms with van der Waals surface area (Å²) in [6.45, 7) is 0.173. The molecule has 0 spiro atoms. The second kappa shape index (κ2) is 11.7. The van der Waals surface area contributed by atoms with Gasteiger partial charge < -0.3 is 14.6 Å². The molecule has 1 fully saturated rings. The summed E-state index contributed by atoms with van der Waals surface area (Å²) in [5.41, 5.74) is 2.08. The lowest BCUT2D eigenvalue weighted by Gasteiger charge is -2.22. The highest BCUT2D eigenvalue weighted by molar-refractivity contribution is 6.32.